The first kappa shape index (κ1) is 16.5. The van der Waals surface area contributed by atoms with Gasteiger partial charge in [0.25, 0.3) is 0 Å². The molecule has 1 unspecified atom stereocenters. The molecule has 4 nitrogen and oxygen atoms in total. The molecule has 0 aliphatic rings. The van der Waals surface area contributed by atoms with Gasteiger partial charge in [0.1, 0.15) is 0 Å². The minimum absolute atomic E-state index is 0.291. The number of carbonyl (C=O) groups is 1. The maximum atomic E-state index is 11.7. The summed E-state index contributed by atoms with van der Waals surface area (Å²) in [5, 5.41) is 3.20. The van der Waals surface area contributed by atoms with Crippen LogP contribution in [0.25, 0.3) is 0 Å². The average molecular weight is 277 g/mol. The molecule has 0 bridgehead atoms. The molecule has 0 fully saturated rings. The van der Waals surface area contributed by atoms with E-state index in [4.69, 9.17) is 5.73 Å². The molecule has 3 N–H and O–H groups in total. The number of likely N-dealkylation sites (N-methyl/N-ethyl adjacent to an activating group) is 1. The Hall–Kier alpha value is -1.55. The van der Waals surface area contributed by atoms with Crippen LogP contribution in [0.4, 0.5) is 5.69 Å². The Morgan fingerprint density at radius 3 is 2.50 bits per heavy atom. The summed E-state index contributed by atoms with van der Waals surface area (Å²) in [5.74, 6) is -0.291. The van der Waals surface area contributed by atoms with Crippen molar-refractivity contribution in [2.45, 2.75) is 39.7 Å². The first-order valence-corrected chi connectivity index (χ1v) is 7.30. The zero-order valence-electron chi connectivity index (χ0n) is 13.1. The number of hydrogen-bond acceptors (Lipinski definition) is 3. The summed E-state index contributed by atoms with van der Waals surface area (Å²) in [5.41, 5.74) is 7.35. The van der Waals surface area contributed by atoms with Crippen molar-refractivity contribution in [3.8, 4) is 0 Å². The number of hydrogen-bond donors (Lipinski definition) is 2. The van der Waals surface area contributed by atoms with Crippen molar-refractivity contribution in [1.29, 1.82) is 0 Å². The summed E-state index contributed by atoms with van der Waals surface area (Å²) in [6.07, 6.45) is 0.693. The van der Waals surface area contributed by atoms with Gasteiger partial charge in [-0.25, -0.2) is 0 Å². The smallest absolute Gasteiger partial charge is 0.237 e. The summed E-state index contributed by atoms with van der Waals surface area (Å²) in [6, 6.07) is 8.31. The van der Waals surface area contributed by atoms with Crippen LogP contribution in [0.2, 0.25) is 0 Å². The van der Waals surface area contributed by atoms with E-state index in [1.807, 2.05) is 26.0 Å². The van der Waals surface area contributed by atoms with Gasteiger partial charge < -0.3 is 16.0 Å². The highest BCUT2D eigenvalue weighted by molar-refractivity contribution is 5.84. The topological polar surface area (TPSA) is 58.4 Å². The van der Waals surface area contributed by atoms with Crippen LogP contribution in [0.1, 0.15) is 32.8 Å². The highest BCUT2D eigenvalue weighted by atomic mass is 16.1. The molecule has 0 spiro atoms. The Balaban J connectivity index is 2.79. The summed E-state index contributed by atoms with van der Waals surface area (Å²) in [6.45, 7) is 10.5. The number of nitrogens with zero attached hydrogens (tertiary/aromatic N) is 1. The predicted molar refractivity (Wildman–Crippen MR) is 85.0 cm³/mol. The lowest BCUT2D eigenvalue weighted by Crippen LogP contribution is -2.54. The van der Waals surface area contributed by atoms with Gasteiger partial charge in [-0.05, 0) is 45.4 Å². The van der Waals surface area contributed by atoms with Crippen LogP contribution in [0.15, 0.2) is 24.3 Å². The molecule has 1 aromatic rings. The SMILES string of the molecule is CCNC(C)(CCN(CC)c1ccccc1C)C(N)=O. The molecule has 1 atom stereocenters. The number of benzene rings is 1. The number of nitrogens with two attached hydrogens (primary N) is 1. The fourth-order valence-corrected chi connectivity index (χ4v) is 2.41. The van der Waals surface area contributed by atoms with Crippen LogP contribution in [-0.2, 0) is 4.79 Å². The van der Waals surface area contributed by atoms with Crippen LogP contribution in [0.3, 0.4) is 0 Å². The van der Waals surface area contributed by atoms with Crippen molar-refractivity contribution in [1.82, 2.24) is 5.32 Å². The van der Waals surface area contributed by atoms with Crippen LogP contribution in [0, 0.1) is 6.92 Å². The van der Waals surface area contributed by atoms with Crippen LogP contribution in [0.5, 0.6) is 0 Å². The first-order chi connectivity index (χ1) is 9.44. The lowest BCUT2D eigenvalue weighted by molar-refractivity contribution is -0.124. The van der Waals surface area contributed by atoms with Gasteiger partial charge in [-0.15, -0.1) is 0 Å². The zero-order chi connectivity index (χ0) is 15.2. The van der Waals surface area contributed by atoms with E-state index >= 15 is 0 Å². The minimum atomic E-state index is -0.648. The van der Waals surface area contributed by atoms with E-state index in [1.165, 1.54) is 11.3 Å². The number of primary amides is 1. The van der Waals surface area contributed by atoms with Gasteiger partial charge in [0.05, 0.1) is 5.54 Å². The fraction of sp³-hybridized carbons (Fsp3) is 0.562. The molecule has 1 aromatic carbocycles. The zero-order valence-corrected chi connectivity index (χ0v) is 13.1. The summed E-state index contributed by atoms with van der Waals surface area (Å²) in [7, 11) is 0. The number of anilines is 1. The second kappa shape index (κ2) is 7.29. The Bertz CT molecular complexity index is 447. The second-order valence-corrected chi connectivity index (χ2v) is 5.34. The highest BCUT2D eigenvalue weighted by Gasteiger charge is 2.30. The van der Waals surface area contributed by atoms with Crippen LogP contribution < -0.4 is 16.0 Å². The van der Waals surface area contributed by atoms with E-state index in [1.54, 1.807) is 0 Å². The predicted octanol–water partition coefficient (Wildman–Crippen LogP) is 2.06. The maximum Gasteiger partial charge on any atom is 0.237 e. The van der Waals surface area contributed by atoms with E-state index in [-0.39, 0.29) is 5.91 Å². The maximum absolute atomic E-state index is 11.7. The summed E-state index contributed by atoms with van der Waals surface area (Å²) >= 11 is 0. The normalized spacial score (nSPS) is 13.8. The van der Waals surface area contributed by atoms with Gasteiger partial charge in [0, 0.05) is 18.8 Å². The molecular weight excluding hydrogens is 250 g/mol. The third kappa shape index (κ3) is 3.97. The van der Waals surface area contributed by atoms with Crippen molar-refractivity contribution in [2.24, 2.45) is 5.73 Å². The van der Waals surface area contributed by atoms with Crippen LogP contribution >= 0.6 is 0 Å². The van der Waals surface area contributed by atoms with Crippen molar-refractivity contribution < 1.29 is 4.79 Å². The number of rotatable bonds is 8. The third-order valence-electron chi connectivity index (χ3n) is 3.83. The molecule has 0 aromatic heterocycles. The van der Waals surface area contributed by atoms with Crippen molar-refractivity contribution >= 4 is 11.6 Å². The molecule has 4 heteroatoms. The number of carbonyl (C=O) groups excluding carboxylic acids is 1. The highest BCUT2D eigenvalue weighted by Crippen LogP contribution is 2.21. The van der Waals surface area contributed by atoms with E-state index in [0.717, 1.165) is 19.6 Å². The van der Waals surface area contributed by atoms with Gasteiger partial charge in [-0.1, -0.05) is 25.1 Å². The van der Waals surface area contributed by atoms with Crippen molar-refractivity contribution in [3.63, 3.8) is 0 Å². The first-order valence-electron chi connectivity index (χ1n) is 7.30. The summed E-state index contributed by atoms with van der Waals surface area (Å²) in [4.78, 5) is 13.9. The van der Waals surface area contributed by atoms with Gasteiger partial charge in [-0.3, -0.25) is 4.79 Å². The fourth-order valence-electron chi connectivity index (χ4n) is 2.41. The largest absolute Gasteiger partial charge is 0.372 e. The lowest BCUT2D eigenvalue weighted by Gasteiger charge is -2.32. The second-order valence-electron chi connectivity index (χ2n) is 5.34. The molecule has 1 rings (SSSR count). The molecule has 0 saturated carbocycles. The standard InChI is InChI=1S/C16H27N3O/c1-5-18-16(4,15(17)20)11-12-19(6-2)14-10-8-7-9-13(14)3/h7-10,18H,5-6,11-12H2,1-4H3,(H2,17,20). The monoisotopic (exact) mass is 277 g/mol. The third-order valence-corrected chi connectivity index (χ3v) is 3.83. The molecule has 0 saturated heterocycles. The van der Waals surface area contributed by atoms with E-state index in [0.29, 0.717) is 6.42 Å². The Kier molecular flexibility index (Phi) is 6.02. The lowest BCUT2D eigenvalue weighted by atomic mass is 9.96. The number of para-hydroxylation sites is 1. The number of amides is 1. The Morgan fingerprint density at radius 1 is 1.35 bits per heavy atom. The quantitative estimate of drug-likeness (QED) is 0.765. The van der Waals surface area contributed by atoms with Gasteiger partial charge >= 0.3 is 0 Å². The van der Waals surface area contributed by atoms with E-state index in [2.05, 4.69) is 36.2 Å². The minimum Gasteiger partial charge on any atom is -0.372 e. The number of nitrogens with one attached hydrogen (secondary N) is 1. The van der Waals surface area contributed by atoms with E-state index in [9.17, 15) is 4.79 Å². The molecule has 20 heavy (non-hydrogen) atoms. The van der Waals surface area contributed by atoms with Crippen molar-refractivity contribution in [2.75, 3.05) is 24.5 Å². The van der Waals surface area contributed by atoms with Crippen LogP contribution in [-0.4, -0.2) is 31.1 Å². The molecule has 0 aliphatic carbocycles. The number of aryl methyl sites for hydroxylation is 1. The molecule has 0 aliphatic heterocycles. The molecule has 1 amide bonds. The van der Waals surface area contributed by atoms with E-state index < -0.39 is 5.54 Å². The Labute approximate surface area is 122 Å². The Morgan fingerprint density at radius 2 is 2.00 bits per heavy atom. The summed E-state index contributed by atoms with van der Waals surface area (Å²) < 4.78 is 0. The van der Waals surface area contributed by atoms with Gasteiger partial charge in [0.2, 0.25) is 5.91 Å². The molecule has 0 radical (unpaired) electrons. The molecule has 112 valence electrons. The molecule has 0 heterocycles. The average Bonchev–Trinajstić information content (AvgIpc) is 2.41. The molecular formula is C16H27N3O. The van der Waals surface area contributed by atoms with Gasteiger partial charge in [0.15, 0.2) is 0 Å². The van der Waals surface area contributed by atoms with Gasteiger partial charge in [-0.2, -0.15) is 0 Å². The van der Waals surface area contributed by atoms with Crippen molar-refractivity contribution in [3.05, 3.63) is 29.8 Å².